The third-order valence-electron chi connectivity index (χ3n) is 3.96. The third kappa shape index (κ3) is 2.56. The molecule has 1 amide bonds. The number of fused-ring (bicyclic) bond motifs is 1. The van der Waals surface area contributed by atoms with E-state index in [9.17, 15) is 4.79 Å². The highest BCUT2D eigenvalue weighted by atomic mass is 32.1. The number of para-hydroxylation sites is 1. The fourth-order valence-electron chi connectivity index (χ4n) is 2.78. The van der Waals surface area contributed by atoms with Gasteiger partial charge in [-0.15, -0.1) is 11.3 Å². The van der Waals surface area contributed by atoms with Gasteiger partial charge in [-0.05, 0) is 25.0 Å². The number of H-pyrrole nitrogens is 1. The van der Waals surface area contributed by atoms with Gasteiger partial charge in [-0.25, -0.2) is 9.97 Å². The van der Waals surface area contributed by atoms with Crippen LogP contribution in [0.4, 0.5) is 0 Å². The predicted molar refractivity (Wildman–Crippen MR) is 92.3 cm³/mol. The molecule has 2 N–H and O–H groups in total. The summed E-state index contributed by atoms with van der Waals surface area (Å²) >= 11 is 1.52. The van der Waals surface area contributed by atoms with Crippen LogP contribution in [0.25, 0.3) is 21.3 Å². The fraction of sp³-hybridized carbons (Fsp3) is 0.235. The molecular formula is C17H16N4O2S. The number of hydrogen-bond acceptors (Lipinski definition) is 5. The number of carbonyl (C=O) groups excluding carboxylic acids is 1. The number of rotatable bonds is 3. The first-order chi connectivity index (χ1) is 11.8. The number of aromatic amines is 1. The molecule has 7 heteroatoms. The van der Waals surface area contributed by atoms with E-state index >= 15 is 0 Å². The van der Waals surface area contributed by atoms with E-state index in [1.165, 1.54) is 11.3 Å². The number of nitrogens with zero attached hydrogens (tertiary/aromatic N) is 2. The first kappa shape index (κ1) is 14.9. The number of amides is 1. The number of aromatic nitrogens is 3. The third-order valence-corrected chi connectivity index (χ3v) is 5.00. The molecule has 0 saturated heterocycles. The summed E-state index contributed by atoms with van der Waals surface area (Å²) in [6.07, 6.45) is 3.51. The Morgan fingerprint density at radius 3 is 3.04 bits per heavy atom. The van der Waals surface area contributed by atoms with Gasteiger partial charge in [-0.2, -0.15) is 0 Å². The van der Waals surface area contributed by atoms with E-state index in [-0.39, 0.29) is 5.91 Å². The van der Waals surface area contributed by atoms with Crippen molar-refractivity contribution in [2.75, 3.05) is 13.7 Å². The summed E-state index contributed by atoms with van der Waals surface area (Å²) in [7, 11) is 1.65. The second-order valence-electron chi connectivity index (χ2n) is 5.50. The normalized spacial score (nSPS) is 14.0. The zero-order valence-electron chi connectivity index (χ0n) is 13.1. The Morgan fingerprint density at radius 1 is 1.29 bits per heavy atom. The summed E-state index contributed by atoms with van der Waals surface area (Å²) < 4.78 is 5.40. The van der Waals surface area contributed by atoms with Gasteiger partial charge in [0, 0.05) is 18.4 Å². The number of nitrogens with one attached hydrogen (secondary N) is 2. The fourth-order valence-corrected chi connectivity index (χ4v) is 3.67. The van der Waals surface area contributed by atoms with Crippen LogP contribution in [0.3, 0.4) is 0 Å². The molecule has 1 aliphatic heterocycles. The lowest BCUT2D eigenvalue weighted by Crippen LogP contribution is -2.23. The van der Waals surface area contributed by atoms with Crippen molar-refractivity contribution in [2.45, 2.75) is 12.8 Å². The average molecular weight is 340 g/mol. The van der Waals surface area contributed by atoms with Gasteiger partial charge in [0.05, 0.1) is 17.6 Å². The van der Waals surface area contributed by atoms with Gasteiger partial charge in [0.25, 0.3) is 5.91 Å². The second-order valence-corrected chi connectivity index (χ2v) is 6.53. The summed E-state index contributed by atoms with van der Waals surface area (Å²) in [5.41, 5.74) is 2.34. The Bertz CT molecular complexity index is 900. The van der Waals surface area contributed by atoms with Gasteiger partial charge in [-0.3, -0.25) is 4.79 Å². The SMILES string of the molecule is COc1ccccc1-c1ncc(-c2nc3c([nH]2)CCCNC3=O)s1. The van der Waals surface area contributed by atoms with Crippen LogP contribution < -0.4 is 10.1 Å². The molecule has 0 spiro atoms. The van der Waals surface area contributed by atoms with Gasteiger partial charge >= 0.3 is 0 Å². The molecule has 1 aliphatic rings. The van der Waals surface area contributed by atoms with E-state index in [0.29, 0.717) is 18.1 Å². The summed E-state index contributed by atoms with van der Waals surface area (Å²) in [6, 6.07) is 7.78. The van der Waals surface area contributed by atoms with Gasteiger partial charge < -0.3 is 15.0 Å². The predicted octanol–water partition coefficient (Wildman–Crippen LogP) is 2.88. The molecule has 0 atom stereocenters. The van der Waals surface area contributed by atoms with Crippen LogP contribution in [0.15, 0.2) is 30.5 Å². The van der Waals surface area contributed by atoms with Gasteiger partial charge in [0.1, 0.15) is 22.3 Å². The highest BCUT2D eigenvalue weighted by Gasteiger charge is 2.21. The van der Waals surface area contributed by atoms with E-state index in [2.05, 4.69) is 20.3 Å². The molecule has 3 aromatic rings. The maximum absolute atomic E-state index is 12.0. The number of benzene rings is 1. The van der Waals surface area contributed by atoms with Crippen LogP contribution in [0, 0.1) is 0 Å². The van der Waals surface area contributed by atoms with Crippen LogP contribution in [0.1, 0.15) is 22.6 Å². The lowest BCUT2D eigenvalue weighted by atomic mass is 10.2. The molecule has 4 rings (SSSR count). The lowest BCUT2D eigenvalue weighted by Gasteiger charge is -2.04. The molecule has 2 aromatic heterocycles. The zero-order chi connectivity index (χ0) is 16.5. The van der Waals surface area contributed by atoms with Gasteiger partial charge in [0.2, 0.25) is 0 Å². The Labute approximate surface area is 142 Å². The van der Waals surface area contributed by atoms with Crippen LogP contribution in [-0.4, -0.2) is 34.5 Å². The highest BCUT2D eigenvalue weighted by molar-refractivity contribution is 7.18. The average Bonchev–Trinajstić information content (AvgIpc) is 3.22. The molecule has 0 fully saturated rings. The Balaban J connectivity index is 1.71. The van der Waals surface area contributed by atoms with Crippen LogP contribution >= 0.6 is 11.3 Å². The molecule has 6 nitrogen and oxygen atoms in total. The minimum atomic E-state index is -0.112. The molecule has 1 aromatic carbocycles. The van der Waals surface area contributed by atoms with Crippen molar-refractivity contribution in [3.8, 4) is 27.0 Å². The smallest absolute Gasteiger partial charge is 0.271 e. The number of imidazole rings is 1. The Kier molecular flexibility index (Phi) is 3.78. The first-order valence-electron chi connectivity index (χ1n) is 7.73. The number of carbonyl (C=O) groups is 1. The van der Waals surface area contributed by atoms with E-state index < -0.39 is 0 Å². The summed E-state index contributed by atoms with van der Waals surface area (Å²) in [5, 5.41) is 3.72. The summed E-state index contributed by atoms with van der Waals surface area (Å²) in [4.78, 5) is 25.2. The standard InChI is InChI=1S/C17H16N4O2S/c1-23-12-7-3-2-5-10(12)17-19-9-13(24-17)15-20-11-6-4-8-18-16(22)14(11)21-15/h2-3,5,7,9H,4,6,8H2,1H3,(H,18,22)(H,20,21). The van der Waals surface area contributed by atoms with Gasteiger partial charge in [-0.1, -0.05) is 12.1 Å². The maximum Gasteiger partial charge on any atom is 0.271 e. The second kappa shape index (κ2) is 6.09. The number of methoxy groups -OCH3 is 1. The lowest BCUT2D eigenvalue weighted by molar-refractivity contribution is 0.0951. The molecule has 3 heterocycles. The van der Waals surface area contributed by atoms with Gasteiger partial charge in [0.15, 0.2) is 0 Å². The largest absolute Gasteiger partial charge is 0.496 e. The molecule has 0 radical (unpaired) electrons. The maximum atomic E-state index is 12.0. The number of hydrogen-bond donors (Lipinski definition) is 2. The molecule has 0 aliphatic carbocycles. The number of aryl methyl sites for hydroxylation is 1. The van der Waals surface area contributed by atoms with Crippen LogP contribution in [0.2, 0.25) is 0 Å². The monoisotopic (exact) mass is 340 g/mol. The number of thiazole rings is 1. The van der Waals surface area contributed by atoms with Crippen molar-refractivity contribution in [2.24, 2.45) is 0 Å². The van der Waals surface area contributed by atoms with Crippen LogP contribution in [0.5, 0.6) is 5.75 Å². The molecule has 0 saturated carbocycles. The van der Waals surface area contributed by atoms with Crippen molar-refractivity contribution >= 4 is 17.2 Å². The summed E-state index contributed by atoms with van der Waals surface area (Å²) in [5.74, 6) is 1.36. The van der Waals surface area contributed by atoms with Crippen LogP contribution in [-0.2, 0) is 6.42 Å². The molecule has 0 unspecified atom stereocenters. The van der Waals surface area contributed by atoms with E-state index in [1.807, 2.05) is 24.3 Å². The highest BCUT2D eigenvalue weighted by Crippen LogP contribution is 2.35. The summed E-state index contributed by atoms with van der Waals surface area (Å²) in [6.45, 7) is 0.691. The quantitative estimate of drug-likeness (QED) is 0.768. The molecule has 0 bridgehead atoms. The van der Waals surface area contributed by atoms with Crippen molar-refractivity contribution in [1.29, 1.82) is 0 Å². The zero-order valence-corrected chi connectivity index (χ0v) is 13.9. The molecular weight excluding hydrogens is 324 g/mol. The minimum absolute atomic E-state index is 0.112. The topological polar surface area (TPSA) is 79.9 Å². The van der Waals surface area contributed by atoms with Crippen molar-refractivity contribution in [3.63, 3.8) is 0 Å². The number of ether oxygens (including phenoxy) is 1. The van der Waals surface area contributed by atoms with E-state index in [1.54, 1.807) is 13.3 Å². The Morgan fingerprint density at radius 2 is 2.17 bits per heavy atom. The van der Waals surface area contributed by atoms with Crippen molar-refractivity contribution in [3.05, 3.63) is 41.9 Å². The van der Waals surface area contributed by atoms with Crippen molar-refractivity contribution in [1.82, 2.24) is 20.3 Å². The first-order valence-corrected chi connectivity index (χ1v) is 8.54. The molecule has 24 heavy (non-hydrogen) atoms. The molecule has 122 valence electrons. The Hall–Kier alpha value is -2.67. The van der Waals surface area contributed by atoms with E-state index in [4.69, 9.17) is 4.74 Å². The van der Waals surface area contributed by atoms with E-state index in [0.717, 1.165) is 39.7 Å². The van der Waals surface area contributed by atoms with Crippen molar-refractivity contribution < 1.29 is 9.53 Å². The minimum Gasteiger partial charge on any atom is -0.496 e.